The Balaban J connectivity index is 1.67. The predicted octanol–water partition coefficient (Wildman–Crippen LogP) is 4.54. The lowest BCUT2D eigenvalue weighted by atomic mass is 9.89. The molecule has 0 unspecified atom stereocenters. The fraction of sp³-hybridized carbons (Fsp3) is 0.308. The number of allylic oxidation sites excluding steroid dienone is 1. The predicted molar refractivity (Wildman–Crippen MR) is 134 cm³/mol. The molecule has 1 aromatic heterocycles. The third kappa shape index (κ3) is 4.77. The number of carbonyl (C=O) groups is 2. The second-order valence-electron chi connectivity index (χ2n) is 8.23. The minimum atomic E-state index is -0.417. The molecule has 2 aliphatic rings. The molecule has 8 heteroatoms. The van der Waals surface area contributed by atoms with Crippen molar-refractivity contribution in [3.63, 3.8) is 0 Å². The highest BCUT2D eigenvalue weighted by Crippen LogP contribution is 2.46. The van der Waals surface area contributed by atoms with E-state index in [1.807, 2.05) is 49.3 Å². The fourth-order valence-corrected chi connectivity index (χ4v) is 5.12. The number of nitrogens with one attached hydrogen (secondary N) is 1. The summed E-state index contributed by atoms with van der Waals surface area (Å²) >= 11 is 1.48. The average Bonchev–Trinajstić information content (AvgIpc) is 3.25. The number of rotatable bonds is 7. The molecule has 1 N–H and O–H groups in total. The van der Waals surface area contributed by atoms with E-state index in [1.54, 1.807) is 6.20 Å². The number of amides is 1. The first-order valence-electron chi connectivity index (χ1n) is 11.2. The maximum Gasteiger partial charge on any atom is 0.338 e. The monoisotopic (exact) mass is 476 g/mol. The van der Waals surface area contributed by atoms with Crippen molar-refractivity contribution in [1.29, 1.82) is 0 Å². The Labute approximate surface area is 204 Å². The third-order valence-electron chi connectivity index (χ3n) is 5.89. The van der Waals surface area contributed by atoms with Gasteiger partial charge in [-0.1, -0.05) is 48.5 Å². The van der Waals surface area contributed by atoms with E-state index in [4.69, 9.17) is 9.73 Å². The van der Waals surface area contributed by atoms with Crippen molar-refractivity contribution < 1.29 is 14.3 Å². The molecule has 0 radical (unpaired) electrons. The van der Waals surface area contributed by atoms with Gasteiger partial charge >= 0.3 is 5.97 Å². The van der Waals surface area contributed by atoms with Crippen molar-refractivity contribution in [1.82, 2.24) is 15.2 Å². The van der Waals surface area contributed by atoms with E-state index in [0.717, 1.165) is 33.2 Å². The summed E-state index contributed by atoms with van der Waals surface area (Å²) in [6.07, 6.45) is 2.47. The highest BCUT2D eigenvalue weighted by atomic mass is 32.2. The summed E-state index contributed by atoms with van der Waals surface area (Å²) in [7, 11) is 1.39. The maximum absolute atomic E-state index is 13.0. The van der Waals surface area contributed by atoms with Gasteiger partial charge in [-0.3, -0.25) is 9.78 Å². The molecule has 176 valence electrons. The summed E-state index contributed by atoms with van der Waals surface area (Å²) in [5.41, 5.74) is 5.98. The average molecular weight is 477 g/mol. The molecule has 0 fully saturated rings. The SMILES string of the molecule is CCC1=C(C(=O)OC)[C@@H](c2cc(C)ccc2C)N2C(CC(=O)NCc3ccccn3)=CSC2=N1. The third-order valence-corrected chi connectivity index (χ3v) is 6.78. The number of carbonyl (C=O) groups excluding carboxylic acids is 2. The highest BCUT2D eigenvalue weighted by Gasteiger charge is 2.42. The van der Waals surface area contributed by atoms with Gasteiger partial charge in [0, 0.05) is 11.9 Å². The number of ether oxygens (including phenoxy) is 1. The lowest BCUT2D eigenvalue weighted by Gasteiger charge is -2.37. The van der Waals surface area contributed by atoms with Crippen LogP contribution in [-0.2, 0) is 20.9 Å². The molecular weight excluding hydrogens is 448 g/mol. The number of hydrogen-bond donors (Lipinski definition) is 1. The minimum absolute atomic E-state index is 0.122. The molecular formula is C26H28N4O3S. The number of aliphatic imine (C=N–C) groups is 1. The zero-order valence-electron chi connectivity index (χ0n) is 19.8. The molecule has 4 rings (SSSR count). The van der Waals surface area contributed by atoms with Gasteiger partial charge in [0.1, 0.15) is 0 Å². The van der Waals surface area contributed by atoms with E-state index >= 15 is 0 Å². The van der Waals surface area contributed by atoms with Crippen LogP contribution >= 0.6 is 11.8 Å². The Morgan fingerprint density at radius 3 is 2.74 bits per heavy atom. The van der Waals surface area contributed by atoms with Crippen LogP contribution in [0.15, 0.2) is 70.0 Å². The van der Waals surface area contributed by atoms with E-state index in [-0.39, 0.29) is 12.3 Å². The van der Waals surface area contributed by atoms with E-state index in [2.05, 4.69) is 28.5 Å². The normalized spacial score (nSPS) is 17.2. The molecule has 0 saturated carbocycles. The number of methoxy groups -OCH3 is 1. The van der Waals surface area contributed by atoms with Crippen molar-refractivity contribution in [3.8, 4) is 0 Å². The summed E-state index contributed by atoms with van der Waals surface area (Å²) in [4.78, 5) is 36.9. The second kappa shape index (κ2) is 10.3. The molecule has 2 aromatic rings. The van der Waals surface area contributed by atoms with Gasteiger partial charge in [0.15, 0.2) is 5.17 Å². The summed E-state index contributed by atoms with van der Waals surface area (Å²) in [5.74, 6) is -0.523. The molecule has 2 aliphatic heterocycles. The Morgan fingerprint density at radius 2 is 2.03 bits per heavy atom. The first-order valence-corrected chi connectivity index (χ1v) is 12.1. The van der Waals surface area contributed by atoms with Crippen LogP contribution in [0.2, 0.25) is 0 Å². The summed E-state index contributed by atoms with van der Waals surface area (Å²) in [5, 5.41) is 5.66. The first kappa shape index (κ1) is 23.8. The number of pyridine rings is 1. The van der Waals surface area contributed by atoms with Crippen LogP contribution in [0.3, 0.4) is 0 Å². The maximum atomic E-state index is 13.0. The minimum Gasteiger partial charge on any atom is -0.466 e. The van der Waals surface area contributed by atoms with Gasteiger partial charge in [0.25, 0.3) is 0 Å². The van der Waals surface area contributed by atoms with Gasteiger partial charge in [-0.2, -0.15) is 0 Å². The van der Waals surface area contributed by atoms with Crippen molar-refractivity contribution >= 4 is 28.8 Å². The van der Waals surface area contributed by atoms with E-state index in [1.165, 1.54) is 18.9 Å². The molecule has 1 aromatic carbocycles. The Kier molecular flexibility index (Phi) is 7.17. The number of benzene rings is 1. The van der Waals surface area contributed by atoms with Crippen molar-refractivity contribution in [2.75, 3.05) is 7.11 Å². The van der Waals surface area contributed by atoms with Crippen molar-refractivity contribution in [2.45, 2.75) is 46.2 Å². The van der Waals surface area contributed by atoms with Gasteiger partial charge in [-0.05, 0) is 48.9 Å². The summed E-state index contributed by atoms with van der Waals surface area (Å²) in [6.45, 7) is 6.41. The molecule has 3 heterocycles. The number of aryl methyl sites for hydroxylation is 2. The lowest BCUT2D eigenvalue weighted by molar-refractivity contribution is -0.136. The second-order valence-corrected chi connectivity index (χ2v) is 9.07. The quantitative estimate of drug-likeness (QED) is 0.591. The summed E-state index contributed by atoms with van der Waals surface area (Å²) < 4.78 is 5.19. The van der Waals surface area contributed by atoms with Gasteiger partial charge < -0.3 is 15.0 Å². The molecule has 7 nitrogen and oxygen atoms in total. The van der Waals surface area contributed by atoms with Crippen LogP contribution in [0.25, 0.3) is 0 Å². The standard InChI is InChI=1S/C26H28N4O3S/c1-5-21-23(25(32)33-4)24(20-12-16(2)9-10-17(20)3)30-19(15-34-26(30)29-21)13-22(31)28-14-18-8-6-7-11-27-18/h6-12,15,24H,5,13-14H2,1-4H3,(H,28,31)/t24-/m1/s1. The van der Waals surface area contributed by atoms with E-state index in [0.29, 0.717) is 24.2 Å². The van der Waals surface area contributed by atoms with Crippen LogP contribution < -0.4 is 5.32 Å². The smallest absolute Gasteiger partial charge is 0.338 e. The van der Waals surface area contributed by atoms with Crippen LogP contribution in [-0.4, -0.2) is 34.0 Å². The van der Waals surface area contributed by atoms with Gasteiger partial charge in [-0.25, -0.2) is 9.79 Å². The molecule has 1 amide bonds. The fourth-order valence-electron chi connectivity index (χ4n) is 4.18. The number of hydrogen-bond acceptors (Lipinski definition) is 7. The number of aromatic nitrogens is 1. The molecule has 0 aliphatic carbocycles. The number of amidine groups is 1. The van der Waals surface area contributed by atoms with Crippen LogP contribution in [0.1, 0.15) is 48.2 Å². The Morgan fingerprint density at radius 1 is 1.21 bits per heavy atom. The van der Waals surface area contributed by atoms with Crippen molar-refractivity contribution in [3.05, 3.63) is 87.4 Å². The van der Waals surface area contributed by atoms with Crippen molar-refractivity contribution in [2.24, 2.45) is 4.99 Å². The van der Waals surface area contributed by atoms with Gasteiger partial charge in [0.05, 0.1) is 43.1 Å². The van der Waals surface area contributed by atoms with E-state index < -0.39 is 12.0 Å². The molecule has 0 saturated heterocycles. The molecule has 34 heavy (non-hydrogen) atoms. The van der Waals surface area contributed by atoms with Gasteiger partial charge in [-0.15, -0.1) is 0 Å². The number of nitrogens with zero attached hydrogens (tertiary/aromatic N) is 3. The van der Waals surface area contributed by atoms with Crippen LogP contribution in [0, 0.1) is 13.8 Å². The molecule has 0 bridgehead atoms. The number of fused-ring (bicyclic) bond motifs is 1. The largest absolute Gasteiger partial charge is 0.466 e. The first-order chi connectivity index (χ1) is 16.4. The van der Waals surface area contributed by atoms with Crippen LogP contribution in [0.5, 0.6) is 0 Å². The topological polar surface area (TPSA) is 83.9 Å². The van der Waals surface area contributed by atoms with Gasteiger partial charge in [0.2, 0.25) is 5.91 Å². The molecule has 0 spiro atoms. The molecule has 1 atom stereocenters. The Hall–Kier alpha value is -3.39. The summed E-state index contributed by atoms with van der Waals surface area (Å²) in [6, 6.07) is 11.4. The van der Waals surface area contributed by atoms with E-state index in [9.17, 15) is 9.59 Å². The zero-order chi connectivity index (χ0) is 24.2. The highest BCUT2D eigenvalue weighted by molar-refractivity contribution is 8.16. The number of thioether (sulfide) groups is 1. The Bertz CT molecular complexity index is 1200. The van der Waals surface area contributed by atoms with Crippen LogP contribution in [0.4, 0.5) is 0 Å². The lowest BCUT2D eigenvalue weighted by Crippen LogP contribution is -2.38. The number of esters is 1. The zero-order valence-corrected chi connectivity index (χ0v) is 20.6.